The minimum Gasteiger partial charge on any atom is -0.481 e. The second kappa shape index (κ2) is 5.12. The van der Waals surface area contributed by atoms with Gasteiger partial charge in [-0.05, 0) is 30.5 Å². The molecular formula is C12H13ClO3. The number of aliphatic carboxylic acids is 1. The molecule has 0 saturated carbocycles. The molecule has 1 aromatic rings. The number of benzene rings is 1. The van der Waals surface area contributed by atoms with Crippen molar-refractivity contribution in [2.45, 2.75) is 25.6 Å². The normalized spacial score (nSPS) is 12.2. The molecule has 0 aliphatic rings. The fraction of sp³-hybridized carbons (Fsp3) is 0.333. The smallest absolute Gasteiger partial charge is 0.307 e. The highest BCUT2D eigenvalue weighted by molar-refractivity contribution is 6.30. The van der Waals surface area contributed by atoms with Gasteiger partial charge in [-0.25, -0.2) is 0 Å². The minimum atomic E-state index is -0.874. The highest BCUT2D eigenvalue weighted by Crippen LogP contribution is 2.25. The number of rotatable bonds is 4. The lowest BCUT2D eigenvalue weighted by Crippen LogP contribution is -2.05. The van der Waals surface area contributed by atoms with Crippen molar-refractivity contribution in [2.24, 2.45) is 0 Å². The quantitative estimate of drug-likeness (QED) is 0.823. The molecule has 1 unspecified atom stereocenters. The van der Waals surface area contributed by atoms with Crippen LogP contribution in [0.2, 0.25) is 0 Å². The van der Waals surface area contributed by atoms with Gasteiger partial charge in [0.15, 0.2) is 5.78 Å². The number of hydrogen-bond donors (Lipinski definition) is 1. The van der Waals surface area contributed by atoms with Crippen LogP contribution in [0.25, 0.3) is 0 Å². The molecule has 1 N–H and O–H groups in total. The third kappa shape index (κ3) is 3.07. The molecule has 0 bridgehead atoms. The first-order valence-electron chi connectivity index (χ1n) is 4.87. The van der Waals surface area contributed by atoms with Gasteiger partial charge in [-0.1, -0.05) is 18.2 Å². The molecule has 0 aliphatic heterocycles. The zero-order chi connectivity index (χ0) is 12.3. The van der Waals surface area contributed by atoms with Gasteiger partial charge >= 0.3 is 5.97 Å². The van der Waals surface area contributed by atoms with E-state index in [1.54, 1.807) is 18.2 Å². The fourth-order valence-electron chi connectivity index (χ4n) is 1.53. The zero-order valence-electron chi connectivity index (χ0n) is 9.16. The lowest BCUT2D eigenvalue weighted by molar-refractivity contribution is -0.136. The van der Waals surface area contributed by atoms with Gasteiger partial charge < -0.3 is 5.11 Å². The molecule has 0 radical (unpaired) electrons. The number of ketones is 1. The van der Waals surface area contributed by atoms with Crippen molar-refractivity contribution in [3.63, 3.8) is 0 Å². The average molecular weight is 241 g/mol. The van der Waals surface area contributed by atoms with Crippen LogP contribution in [0.5, 0.6) is 0 Å². The van der Waals surface area contributed by atoms with Crippen LogP contribution in [-0.4, -0.2) is 16.9 Å². The SMILES string of the molecule is CC(=O)C(Cl)c1ccc(CC(=O)O)cc1C. The summed E-state index contributed by atoms with van der Waals surface area (Å²) in [6.07, 6.45) is -0.0197. The van der Waals surface area contributed by atoms with E-state index in [1.807, 2.05) is 6.92 Å². The number of carboxylic acids is 1. The lowest BCUT2D eigenvalue weighted by atomic mass is 9.99. The number of carbonyl (C=O) groups is 2. The molecule has 1 atom stereocenters. The van der Waals surface area contributed by atoms with Crippen LogP contribution in [0.4, 0.5) is 0 Å². The molecule has 0 amide bonds. The average Bonchev–Trinajstić information content (AvgIpc) is 2.15. The van der Waals surface area contributed by atoms with Crippen LogP contribution >= 0.6 is 11.6 Å². The monoisotopic (exact) mass is 240 g/mol. The topological polar surface area (TPSA) is 54.4 Å². The Morgan fingerprint density at radius 2 is 2.06 bits per heavy atom. The molecule has 0 aliphatic carbocycles. The Kier molecular flexibility index (Phi) is 4.07. The van der Waals surface area contributed by atoms with Gasteiger partial charge in [0.05, 0.1) is 6.42 Å². The Labute approximate surface area is 99.0 Å². The van der Waals surface area contributed by atoms with Crippen molar-refractivity contribution >= 4 is 23.4 Å². The summed E-state index contributed by atoms with van der Waals surface area (Å²) in [6, 6.07) is 5.16. The maximum absolute atomic E-state index is 11.1. The molecule has 0 fully saturated rings. The Hall–Kier alpha value is -1.35. The Bertz CT molecular complexity index is 426. The summed E-state index contributed by atoms with van der Waals surface area (Å²) in [5.74, 6) is -0.989. The molecule has 0 aromatic heterocycles. The van der Waals surface area contributed by atoms with Crippen molar-refractivity contribution in [1.82, 2.24) is 0 Å². The summed E-state index contributed by atoms with van der Waals surface area (Å²) in [4.78, 5) is 21.7. The molecule has 16 heavy (non-hydrogen) atoms. The van der Waals surface area contributed by atoms with E-state index in [-0.39, 0.29) is 12.2 Å². The first kappa shape index (κ1) is 12.7. The highest BCUT2D eigenvalue weighted by atomic mass is 35.5. The van der Waals surface area contributed by atoms with E-state index >= 15 is 0 Å². The van der Waals surface area contributed by atoms with Crippen LogP contribution in [0.1, 0.15) is 29.0 Å². The van der Waals surface area contributed by atoms with Gasteiger partial charge in [0.1, 0.15) is 5.38 Å². The van der Waals surface area contributed by atoms with Crippen LogP contribution in [-0.2, 0) is 16.0 Å². The third-order valence-electron chi connectivity index (χ3n) is 2.32. The fourth-order valence-corrected chi connectivity index (χ4v) is 1.77. The van der Waals surface area contributed by atoms with Crippen molar-refractivity contribution in [2.75, 3.05) is 0 Å². The van der Waals surface area contributed by atoms with Gasteiger partial charge in [-0.2, -0.15) is 0 Å². The molecule has 1 aromatic carbocycles. The number of carbonyl (C=O) groups excluding carboxylic acids is 1. The van der Waals surface area contributed by atoms with Crippen molar-refractivity contribution in [3.8, 4) is 0 Å². The second-order valence-corrected chi connectivity index (χ2v) is 4.17. The number of alkyl halides is 1. The van der Waals surface area contributed by atoms with Gasteiger partial charge in [0.25, 0.3) is 0 Å². The molecule has 4 heteroatoms. The summed E-state index contributed by atoms with van der Waals surface area (Å²) in [6.45, 7) is 3.25. The van der Waals surface area contributed by atoms with Gasteiger partial charge in [-0.3, -0.25) is 9.59 Å². The molecule has 0 spiro atoms. The molecule has 1 rings (SSSR count). The van der Waals surface area contributed by atoms with E-state index in [1.165, 1.54) is 6.92 Å². The molecule has 0 heterocycles. The number of hydrogen-bond acceptors (Lipinski definition) is 2. The van der Waals surface area contributed by atoms with Gasteiger partial charge in [0.2, 0.25) is 0 Å². The van der Waals surface area contributed by atoms with Crippen LogP contribution in [0.15, 0.2) is 18.2 Å². The van der Waals surface area contributed by atoms with E-state index in [4.69, 9.17) is 16.7 Å². The van der Waals surface area contributed by atoms with E-state index in [9.17, 15) is 9.59 Å². The summed E-state index contributed by atoms with van der Waals surface area (Å²) in [5.41, 5.74) is 2.29. The second-order valence-electron chi connectivity index (χ2n) is 3.73. The van der Waals surface area contributed by atoms with E-state index in [0.717, 1.165) is 11.1 Å². The van der Waals surface area contributed by atoms with Crippen molar-refractivity contribution in [3.05, 3.63) is 34.9 Å². The van der Waals surface area contributed by atoms with E-state index in [2.05, 4.69) is 0 Å². The van der Waals surface area contributed by atoms with Gasteiger partial charge in [-0.15, -0.1) is 11.6 Å². The van der Waals surface area contributed by atoms with E-state index in [0.29, 0.717) is 5.56 Å². The Morgan fingerprint density at radius 1 is 1.44 bits per heavy atom. The highest BCUT2D eigenvalue weighted by Gasteiger charge is 2.15. The van der Waals surface area contributed by atoms with Crippen LogP contribution in [0, 0.1) is 6.92 Å². The predicted molar refractivity (Wildman–Crippen MR) is 61.8 cm³/mol. The first-order chi connectivity index (χ1) is 7.41. The number of carboxylic acid groups (broad SMARTS) is 1. The van der Waals surface area contributed by atoms with Crippen LogP contribution in [0.3, 0.4) is 0 Å². The number of aryl methyl sites for hydroxylation is 1. The molecule has 86 valence electrons. The Morgan fingerprint density at radius 3 is 2.50 bits per heavy atom. The first-order valence-corrected chi connectivity index (χ1v) is 5.31. The van der Waals surface area contributed by atoms with Crippen molar-refractivity contribution in [1.29, 1.82) is 0 Å². The largest absolute Gasteiger partial charge is 0.481 e. The Balaban J connectivity index is 3.00. The standard InChI is InChI=1S/C12H13ClO3/c1-7-5-9(6-11(15)16)3-4-10(7)12(13)8(2)14/h3-5,12H,6H2,1-2H3,(H,15,16). The molecule has 3 nitrogen and oxygen atoms in total. The summed E-state index contributed by atoms with van der Waals surface area (Å²) < 4.78 is 0. The van der Waals surface area contributed by atoms with Crippen LogP contribution < -0.4 is 0 Å². The predicted octanol–water partition coefficient (Wildman–Crippen LogP) is 2.49. The molecule has 0 saturated heterocycles. The molecular weight excluding hydrogens is 228 g/mol. The summed E-state index contributed by atoms with van der Waals surface area (Å²) >= 11 is 5.94. The number of halogens is 1. The third-order valence-corrected chi connectivity index (χ3v) is 2.86. The number of Topliss-reactive ketones (excluding diaryl/α,β-unsaturated/α-hetero) is 1. The minimum absolute atomic E-state index is 0.0197. The zero-order valence-corrected chi connectivity index (χ0v) is 9.91. The summed E-state index contributed by atoms with van der Waals surface area (Å²) in [7, 11) is 0. The van der Waals surface area contributed by atoms with Gasteiger partial charge in [0, 0.05) is 0 Å². The lowest BCUT2D eigenvalue weighted by Gasteiger charge is -2.10. The maximum atomic E-state index is 11.1. The van der Waals surface area contributed by atoms with Crippen molar-refractivity contribution < 1.29 is 14.7 Å². The summed E-state index contributed by atoms with van der Waals surface area (Å²) in [5, 5.41) is 7.99. The maximum Gasteiger partial charge on any atom is 0.307 e. The van der Waals surface area contributed by atoms with E-state index < -0.39 is 11.3 Å².